The van der Waals surface area contributed by atoms with Crippen molar-refractivity contribution in [1.82, 2.24) is 0 Å². The molecule has 0 bridgehead atoms. The largest absolute Gasteiger partial charge is 0.473 e. The van der Waals surface area contributed by atoms with Gasteiger partial charge >= 0.3 is 35.8 Å². The van der Waals surface area contributed by atoms with E-state index in [0.29, 0.717) is 0 Å². The second kappa shape index (κ2) is 25.2. The fourth-order valence-electron chi connectivity index (χ4n) is 0. The van der Waals surface area contributed by atoms with Crippen LogP contribution in [0.2, 0.25) is 0 Å². The standard InChI is InChI=1S/3C2H2O4.2Ho.2H2O/c3*3-1(4)2(5)6;;;;/h3*(H,3,4)(H,5,6);;;2*1H2. The topological polar surface area (TPSA) is 287 Å². The third kappa shape index (κ3) is 50.7. The maximum absolute atomic E-state index is 9.10. The number of rotatable bonds is 0. The fraction of sp³-hybridized carbons (Fsp3) is 0. The minimum absolute atomic E-state index is 0. The second-order valence-corrected chi connectivity index (χ2v) is 1.83. The van der Waals surface area contributed by atoms with Crippen LogP contribution in [0, 0.1) is 75.5 Å². The Balaban J connectivity index is -0.0000000281. The van der Waals surface area contributed by atoms with E-state index in [-0.39, 0.29) is 86.4 Å². The molecule has 0 aliphatic rings. The normalized spacial score (nSPS) is 6.00. The summed E-state index contributed by atoms with van der Waals surface area (Å²) in [5.74, 6) is -10.9. The molecule has 0 aromatic carbocycles. The maximum Gasteiger partial charge on any atom is 0.414 e. The molecule has 140 valence electrons. The summed E-state index contributed by atoms with van der Waals surface area (Å²) < 4.78 is 0. The van der Waals surface area contributed by atoms with Crippen LogP contribution in [-0.4, -0.2) is 77.4 Å². The van der Waals surface area contributed by atoms with Gasteiger partial charge < -0.3 is 41.6 Å². The molecule has 22 heavy (non-hydrogen) atoms. The molecule has 0 unspecified atom stereocenters. The van der Waals surface area contributed by atoms with Gasteiger partial charge in [0.25, 0.3) is 0 Å². The average Bonchev–Trinajstić information content (AvgIpc) is 2.18. The summed E-state index contributed by atoms with van der Waals surface area (Å²) in [5.41, 5.74) is 0. The average molecular weight is 636 g/mol. The van der Waals surface area contributed by atoms with E-state index in [1.807, 2.05) is 0 Å². The van der Waals surface area contributed by atoms with E-state index in [1.165, 1.54) is 0 Å². The molecule has 2 radical (unpaired) electrons. The van der Waals surface area contributed by atoms with Crippen LogP contribution in [0.4, 0.5) is 0 Å². The van der Waals surface area contributed by atoms with E-state index in [4.69, 9.17) is 59.4 Å². The SMILES string of the molecule is O.O.O=C(O)C(=O)O.O=C(O)C(=O)O.O=C(O)C(=O)O.[Ho].[Ho]. The molecule has 10 N–H and O–H groups in total. The van der Waals surface area contributed by atoms with Gasteiger partial charge in [0, 0.05) is 75.5 Å². The van der Waals surface area contributed by atoms with Gasteiger partial charge in [-0.15, -0.1) is 0 Å². The zero-order valence-electron chi connectivity index (χ0n) is 9.74. The summed E-state index contributed by atoms with van der Waals surface area (Å²) in [4.78, 5) is 54.6. The van der Waals surface area contributed by atoms with Gasteiger partial charge in [0.15, 0.2) is 0 Å². The van der Waals surface area contributed by atoms with Gasteiger partial charge in [0.05, 0.1) is 0 Å². The molecular formula is C6H10Ho2O14. The molecule has 16 heteroatoms. The molecule has 0 aliphatic carbocycles. The van der Waals surface area contributed by atoms with Crippen molar-refractivity contribution in [3.8, 4) is 0 Å². The van der Waals surface area contributed by atoms with Crippen molar-refractivity contribution < 1.29 is 146 Å². The molecule has 0 aromatic rings. The van der Waals surface area contributed by atoms with E-state index in [1.54, 1.807) is 0 Å². The number of carbonyl (C=O) groups is 6. The van der Waals surface area contributed by atoms with Crippen LogP contribution in [0.15, 0.2) is 0 Å². The first-order chi connectivity index (χ1) is 7.93. The summed E-state index contributed by atoms with van der Waals surface area (Å²) >= 11 is 0. The van der Waals surface area contributed by atoms with Crippen LogP contribution >= 0.6 is 0 Å². The molecule has 0 rings (SSSR count). The quantitative estimate of drug-likeness (QED) is 0.109. The van der Waals surface area contributed by atoms with Gasteiger partial charge in [-0.1, -0.05) is 0 Å². The van der Waals surface area contributed by atoms with Crippen LogP contribution in [0.25, 0.3) is 0 Å². The minimum Gasteiger partial charge on any atom is -0.473 e. The smallest absolute Gasteiger partial charge is 0.414 e. The third-order valence-electron chi connectivity index (χ3n) is 0.549. The van der Waals surface area contributed by atoms with E-state index in [2.05, 4.69) is 0 Å². The van der Waals surface area contributed by atoms with Gasteiger partial charge in [-0.25, -0.2) is 28.8 Å². The molecule has 0 saturated carbocycles. The zero-order valence-corrected chi connectivity index (χ0v) is 13.6. The number of hydrogen-bond acceptors (Lipinski definition) is 6. The Morgan fingerprint density at radius 3 is 0.409 bits per heavy atom. The Hall–Kier alpha value is -0.741. The Morgan fingerprint density at radius 1 is 0.364 bits per heavy atom. The van der Waals surface area contributed by atoms with Gasteiger partial charge in [-0.2, -0.15) is 0 Å². The van der Waals surface area contributed by atoms with E-state index in [0.717, 1.165) is 0 Å². The fourth-order valence-corrected chi connectivity index (χ4v) is 0. The van der Waals surface area contributed by atoms with Crippen LogP contribution in [-0.2, 0) is 28.8 Å². The summed E-state index contributed by atoms with van der Waals surface area (Å²) in [5, 5.41) is 44.3. The number of aliphatic carboxylic acids is 6. The minimum atomic E-state index is -1.82. The van der Waals surface area contributed by atoms with Gasteiger partial charge in [0.2, 0.25) is 0 Å². The Bertz CT molecular complexity index is 282. The summed E-state index contributed by atoms with van der Waals surface area (Å²) in [6, 6.07) is 0. The monoisotopic (exact) mass is 636 g/mol. The van der Waals surface area contributed by atoms with Gasteiger partial charge in [-0.05, 0) is 0 Å². The zero-order chi connectivity index (χ0) is 15.5. The van der Waals surface area contributed by atoms with Crippen LogP contribution in [0.3, 0.4) is 0 Å². The second-order valence-electron chi connectivity index (χ2n) is 1.83. The maximum atomic E-state index is 9.10. The Kier molecular flexibility index (Phi) is 49.2. The first kappa shape index (κ1) is 42.9. The predicted octanol–water partition coefficient (Wildman–Crippen LogP) is -4.18. The molecule has 0 spiro atoms. The molecule has 0 saturated heterocycles. The number of carboxylic acid groups (broad SMARTS) is 6. The molecule has 0 heterocycles. The molecule has 0 aliphatic heterocycles. The predicted molar refractivity (Wildman–Crippen MR) is 53.0 cm³/mol. The van der Waals surface area contributed by atoms with Crippen LogP contribution in [0.1, 0.15) is 0 Å². The van der Waals surface area contributed by atoms with Crippen molar-refractivity contribution in [1.29, 1.82) is 0 Å². The molecule has 0 amide bonds. The summed E-state index contributed by atoms with van der Waals surface area (Å²) in [6.45, 7) is 0. The molecule has 0 aromatic heterocycles. The first-order valence-electron chi connectivity index (χ1n) is 3.32. The van der Waals surface area contributed by atoms with Crippen LogP contribution < -0.4 is 0 Å². The van der Waals surface area contributed by atoms with Crippen molar-refractivity contribution in [2.45, 2.75) is 0 Å². The third-order valence-corrected chi connectivity index (χ3v) is 0.549. The number of hydrogen-bond donors (Lipinski definition) is 6. The summed E-state index contributed by atoms with van der Waals surface area (Å²) in [6.07, 6.45) is 0. The van der Waals surface area contributed by atoms with E-state index < -0.39 is 35.8 Å². The first-order valence-corrected chi connectivity index (χ1v) is 3.32. The molecule has 0 atom stereocenters. The van der Waals surface area contributed by atoms with Crippen molar-refractivity contribution in [3.63, 3.8) is 0 Å². The van der Waals surface area contributed by atoms with Gasteiger partial charge in [0.1, 0.15) is 0 Å². The molecular weight excluding hydrogens is 626 g/mol. The number of carboxylic acids is 6. The van der Waals surface area contributed by atoms with E-state index >= 15 is 0 Å². The van der Waals surface area contributed by atoms with Crippen molar-refractivity contribution in [3.05, 3.63) is 0 Å². The summed E-state index contributed by atoms with van der Waals surface area (Å²) in [7, 11) is 0. The Labute approximate surface area is 180 Å². The molecule has 0 fully saturated rings. The van der Waals surface area contributed by atoms with Gasteiger partial charge in [-0.3, -0.25) is 0 Å². The van der Waals surface area contributed by atoms with Crippen molar-refractivity contribution in [2.75, 3.05) is 0 Å². The van der Waals surface area contributed by atoms with Crippen molar-refractivity contribution in [2.24, 2.45) is 0 Å². The van der Waals surface area contributed by atoms with Crippen molar-refractivity contribution >= 4 is 35.8 Å². The molecule has 14 nitrogen and oxygen atoms in total. The van der Waals surface area contributed by atoms with E-state index in [9.17, 15) is 0 Å². The van der Waals surface area contributed by atoms with Crippen LogP contribution in [0.5, 0.6) is 0 Å². The Morgan fingerprint density at radius 2 is 0.409 bits per heavy atom.